The molecule has 0 aromatic heterocycles. The number of aliphatic hydroxyl groups excluding tert-OH is 2. The molecule has 0 aliphatic carbocycles. The molecule has 0 bridgehead atoms. The molecule has 182 valence electrons. The fourth-order valence-corrected chi connectivity index (χ4v) is 3.89. The van der Waals surface area contributed by atoms with Crippen LogP contribution in [0.15, 0.2) is 78.9 Å². The highest BCUT2D eigenvalue weighted by Gasteiger charge is 2.26. The Morgan fingerprint density at radius 3 is 2.06 bits per heavy atom. The zero-order valence-corrected chi connectivity index (χ0v) is 20.6. The van der Waals surface area contributed by atoms with E-state index in [9.17, 15) is 10.2 Å². The second-order valence-corrected chi connectivity index (χ2v) is 9.53. The van der Waals surface area contributed by atoms with Gasteiger partial charge in [0.25, 0.3) is 0 Å². The van der Waals surface area contributed by atoms with E-state index in [0.29, 0.717) is 18.9 Å². The lowest BCUT2D eigenvalue weighted by atomic mass is 9.98. The number of β-amino-alcohol motifs (C(OH)–C–C–N with tert-alkyl or cyclic N) is 1. The molecule has 2 unspecified atom stereocenters. The number of aliphatic hydroxyl groups is 2. The van der Waals surface area contributed by atoms with Crippen LogP contribution in [0.5, 0.6) is 5.75 Å². The van der Waals surface area contributed by atoms with Gasteiger partial charge in [0.05, 0.1) is 12.7 Å². The van der Waals surface area contributed by atoms with Crippen LogP contribution >= 0.6 is 0 Å². The van der Waals surface area contributed by atoms with E-state index in [-0.39, 0.29) is 12.1 Å². The molecule has 0 saturated carbocycles. The van der Waals surface area contributed by atoms with Crippen molar-refractivity contribution in [2.45, 2.75) is 51.7 Å². The summed E-state index contributed by atoms with van der Waals surface area (Å²) < 4.78 is 11.6. The van der Waals surface area contributed by atoms with Gasteiger partial charge in [-0.05, 0) is 49.6 Å². The summed E-state index contributed by atoms with van der Waals surface area (Å²) in [6.07, 6.45) is -1.25. The lowest BCUT2D eigenvalue weighted by molar-refractivity contribution is 0.0440. The molecule has 0 fully saturated rings. The van der Waals surface area contributed by atoms with Gasteiger partial charge in [0.15, 0.2) is 0 Å². The van der Waals surface area contributed by atoms with Gasteiger partial charge >= 0.3 is 0 Å². The van der Waals surface area contributed by atoms with E-state index in [1.54, 1.807) is 7.11 Å². The number of nitrogens with zero attached hydrogens (tertiary/aromatic N) is 1. The summed E-state index contributed by atoms with van der Waals surface area (Å²) in [5.41, 5.74) is 3.62. The monoisotopic (exact) mass is 463 g/mol. The van der Waals surface area contributed by atoms with Crippen LogP contribution in [0.25, 0.3) is 0 Å². The van der Waals surface area contributed by atoms with Crippen molar-refractivity contribution in [1.29, 1.82) is 0 Å². The van der Waals surface area contributed by atoms with Gasteiger partial charge in [-0.1, -0.05) is 66.7 Å². The van der Waals surface area contributed by atoms with Gasteiger partial charge in [0.2, 0.25) is 0 Å². The first-order chi connectivity index (χ1) is 16.3. The molecule has 0 spiro atoms. The maximum atomic E-state index is 11.2. The topological polar surface area (TPSA) is 62.2 Å². The predicted molar refractivity (Wildman–Crippen MR) is 136 cm³/mol. The van der Waals surface area contributed by atoms with Crippen LogP contribution < -0.4 is 4.74 Å². The van der Waals surface area contributed by atoms with Crippen molar-refractivity contribution in [3.8, 4) is 5.75 Å². The Hall–Kier alpha value is -2.70. The smallest absolute Gasteiger partial charge is 0.125 e. The molecule has 2 atom stereocenters. The molecule has 0 aliphatic heterocycles. The standard InChI is InChI=1S/C29H37NO4/c1-29(2,3)30(18-22-11-7-5-8-12-22)19-26(32)24-15-16-27(25(17-24)28(20-31)33-4)34-21-23-13-9-6-10-14-23/h5-17,26,28,31-32H,18-21H2,1-4H3. The number of methoxy groups -OCH3 is 1. The molecular weight excluding hydrogens is 426 g/mol. The molecule has 3 aromatic rings. The lowest BCUT2D eigenvalue weighted by Gasteiger charge is -2.37. The average Bonchev–Trinajstić information content (AvgIpc) is 2.84. The third kappa shape index (κ3) is 7.15. The van der Waals surface area contributed by atoms with Crippen molar-refractivity contribution in [3.05, 3.63) is 101 Å². The molecule has 5 nitrogen and oxygen atoms in total. The fourth-order valence-electron chi connectivity index (χ4n) is 3.89. The first kappa shape index (κ1) is 25.9. The highest BCUT2D eigenvalue weighted by Crippen LogP contribution is 2.32. The molecule has 0 radical (unpaired) electrons. The third-order valence-electron chi connectivity index (χ3n) is 6.01. The maximum Gasteiger partial charge on any atom is 0.125 e. The Bertz CT molecular complexity index is 998. The van der Waals surface area contributed by atoms with Gasteiger partial charge in [-0.25, -0.2) is 0 Å². The Labute approximate surface area is 203 Å². The van der Waals surface area contributed by atoms with E-state index in [4.69, 9.17) is 9.47 Å². The number of benzene rings is 3. The Morgan fingerprint density at radius 2 is 1.50 bits per heavy atom. The Balaban J connectivity index is 1.81. The van der Waals surface area contributed by atoms with Crippen LogP contribution in [0.4, 0.5) is 0 Å². The minimum atomic E-state index is -0.707. The predicted octanol–water partition coefficient (Wildman–Crippen LogP) is 5.28. The van der Waals surface area contributed by atoms with Crippen LogP contribution in [-0.4, -0.2) is 40.9 Å². The van der Waals surface area contributed by atoms with Crippen LogP contribution in [0.2, 0.25) is 0 Å². The van der Waals surface area contributed by atoms with Gasteiger partial charge in [-0.3, -0.25) is 4.90 Å². The summed E-state index contributed by atoms with van der Waals surface area (Å²) >= 11 is 0. The van der Waals surface area contributed by atoms with Gasteiger partial charge in [0, 0.05) is 31.3 Å². The minimum absolute atomic E-state index is 0.126. The van der Waals surface area contributed by atoms with Crippen LogP contribution in [0.1, 0.15) is 55.2 Å². The van der Waals surface area contributed by atoms with Crippen molar-refractivity contribution >= 4 is 0 Å². The normalized spacial score (nSPS) is 13.6. The van der Waals surface area contributed by atoms with Gasteiger partial charge < -0.3 is 19.7 Å². The van der Waals surface area contributed by atoms with E-state index >= 15 is 0 Å². The van der Waals surface area contributed by atoms with Crippen molar-refractivity contribution in [1.82, 2.24) is 4.90 Å². The van der Waals surface area contributed by atoms with Gasteiger partial charge in [-0.2, -0.15) is 0 Å². The average molecular weight is 464 g/mol. The SMILES string of the molecule is COC(CO)c1cc(C(O)CN(Cc2ccccc2)C(C)(C)C)ccc1OCc1ccccc1. The van der Waals surface area contributed by atoms with Gasteiger partial charge in [-0.15, -0.1) is 0 Å². The molecular formula is C29H37NO4. The fraction of sp³-hybridized carbons (Fsp3) is 0.379. The van der Waals surface area contributed by atoms with E-state index in [1.807, 2.05) is 66.7 Å². The first-order valence-corrected chi connectivity index (χ1v) is 11.7. The molecule has 0 amide bonds. The molecule has 2 N–H and O–H groups in total. The number of ether oxygens (including phenoxy) is 2. The van der Waals surface area contributed by atoms with Crippen molar-refractivity contribution in [2.24, 2.45) is 0 Å². The van der Waals surface area contributed by atoms with Crippen LogP contribution in [0.3, 0.4) is 0 Å². The van der Waals surface area contributed by atoms with E-state index in [1.165, 1.54) is 5.56 Å². The molecule has 3 rings (SSSR count). The number of rotatable bonds is 11. The summed E-state index contributed by atoms with van der Waals surface area (Å²) in [5, 5.41) is 21.1. The second-order valence-electron chi connectivity index (χ2n) is 9.53. The first-order valence-electron chi connectivity index (χ1n) is 11.7. The lowest BCUT2D eigenvalue weighted by Crippen LogP contribution is -2.43. The Kier molecular flexibility index (Phi) is 9.25. The molecule has 3 aromatic carbocycles. The molecule has 34 heavy (non-hydrogen) atoms. The van der Waals surface area contributed by atoms with E-state index < -0.39 is 12.2 Å². The number of hydrogen-bond donors (Lipinski definition) is 2. The summed E-state index contributed by atoms with van der Waals surface area (Å²) in [6.45, 7) is 7.90. The van der Waals surface area contributed by atoms with E-state index in [0.717, 1.165) is 23.2 Å². The zero-order valence-electron chi connectivity index (χ0n) is 20.6. The largest absolute Gasteiger partial charge is 0.489 e. The molecule has 0 aliphatic rings. The maximum absolute atomic E-state index is 11.2. The summed E-state index contributed by atoms with van der Waals surface area (Å²) in [4.78, 5) is 2.27. The van der Waals surface area contributed by atoms with Crippen LogP contribution in [0, 0.1) is 0 Å². The summed E-state index contributed by atoms with van der Waals surface area (Å²) in [7, 11) is 1.56. The summed E-state index contributed by atoms with van der Waals surface area (Å²) in [6, 6.07) is 25.8. The second kappa shape index (κ2) is 12.1. The van der Waals surface area contributed by atoms with Crippen molar-refractivity contribution in [2.75, 3.05) is 20.3 Å². The van der Waals surface area contributed by atoms with Crippen LogP contribution in [-0.2, 0) is 17.9 Å². The highest BCUT2D eigenvalue weighted by atomic mass is 16.5. The van der Waals surface area contributed by atoms with Crippen molar-refractivity contribution < 1.29 is 19.7 Å². The quantitative estimate of drug-likeness (QED) is 0.405. The van der Waals surface area contributed by atoms with Gasteiger partial charge in [0.1, 0.15) is 18.5 Å². The Morgan fingerprint density at radius 1 is 0.882 bits per heavy atom. The molecule has 5 heteroatoms. The molecule has 0 saturated heterocycles. The molecule has 0 heterocycles. The number of hydrogen-bond acceptors (Lipinski definition) is 5. The zero-order chi connectivity index (χ0) is 24.6. The summed E-state index contributed by atoms with van der Waals surface area (Å²) in [5.74, 6) is 0.637. The highest BCUT2D eigenvalue weighted by molar-refractivity contribution is 5.40. The van der Waals surface area contributed by atoms with Crippen molar-refractivity contribution in [3.63, 3.8) is 0 Å². The van der Waals surface area contributed by atoms with E-state index in [2.05, 4.69) is 37.8 Å². The third-order valence-corrected chi connectivity index (χ3v) is 6.01. The minimum Gasteiger partial charge on any atom is -0.489 e.